The minimum absolute atomic E-state index is 0.113. The van der Waals surface area contributed by atoms with Gasteiger partial charge in [-0.05, 0) is 43.1 Å². The summed E-state index contributed by atoms with van der Waals surface area (Å²) >= 11 is 0. The van der Waals surface area contributed by atoms with Crippen LogP contribution in [0.1, 0.15) is 17.7 Å². The molecule has 1 N–H and O–H groups in total. The molecule has 0 spiro atoms. The van der Waals surface area contributed by atoms with Gasteiger partial charge in [0.25, 0.3) is 11.8 Å². The molecule has 5 nitrogen and oxygen atoms in total. The van der Waals surface area contributed by atoms with Crippen LogP contribution in [-0.2, 0) is 9.59 Å². The number of rotatable bonds is 2. The number of aryl methyl sites for hydroxylation is 1. The summed E-state index contributed by atoms with van der Waals surface area (Å²) in [7, 11) is 0. The van der Waals surface area contributed by atoms with Crippen molar-refractivity contribution in [2.45, 2.75) is 13.3 Å². The summed E-state index contributed by atoms with van der Waals surface area (Å²) in [5.41, 5.74) is 2.94. The first kappa shape index (κ1) is 14.5. The standard InChI is InChI=1S/C21H19N3O2/c1-10-16(11-4-2-3-5-17(11)23-10)9-22-24-20(25)18-12-6-7-13(15-8-14(12)15)19(18)21(24)26/h2-7,9,12-15,18-19,23H,8H2,1H3/b22-9-/t12-,13-,14-,15+,18+,19-/m1/s1. The second-order valence-corrected chi connectivity index (χ2v) is 8.10. The van der Waals surface area contributed by atoms with Gasteiger partial charge in [0.1, 0.15) is 0 Å². The van der Waals surface area contributed by atoms with Crippen LogP contribution in [-0.4, -0.2) is 28.0 Å². The van der Waals surface area contributed by atoms with E-state index >= 15 is 0 Å². The van der Waals surface area contributed by atoms with E-state index in [9.17, 15) is 9.59 Å². The van der Waals surface area contributed by atoms with Crippen molar-refractivity contribution in [2.75, 3.05) is 0 Å². The molecule has 130 valence electrons. The van der Waals surface area contributed by atoms with E-state index in [0.29, 0.717) is 11.8 Å². The highest BCUT2D eigenvalue weighted by molar-refractivity contribution is 6.07. The van der Waals surface area contributed by atoms with Gasteiger partial charge in [-0.15, -0.1) is 0 Å². The molecule has 2 aromatic rings. The molecule has 1 aromatic carbocycles. The number of para-hydroxylation sites is 1. The minimum Gasteiger partial charge on any atom is -0.358 e. The SMILES string of the molecule is Cc1[nH]c2ccccc2c1/C=N\N1C(=O)[C@@H]2[C@@H]3C=C[C@H]([C@H]4C[C@@H]34)[C@@H]2C1=O. The lowest BCUT2D eigenvalue weighted by molar-refractivity contribution is -0.140. The van der Waals surface area contributed by atoms with Gasteiger partial charge in [-0.25, -0.2) is 0 Å². The molecule has 5 aliphatic rings. The fourth-order valence-electron chi connectivity index (χ4n) is 5.64. The lowest BCUT2D eigenvalue weighted by Crippen LogP contribution is -2.40. The van der Waals surface area contributed by atoms with Crippen molar-refractivity contribution < 1.29 is 9.59 Å². The Balaban J connectivity index is 1.36. The predicted molar refractivity (Wildman–Crippen MR) is 97.2 cm³/mol. The molecule has 2 saturated carbocycles. The molecule has 5 heteroatoms. The fraction of sp³-hybridized carbons (Fsp3) is 0.381. The van der Waals surface area contributed by atoms with E-state index in [1.807, 2.05) is 31.2 Å². The van der Waals surface area contributed by atoms with Crippen molar-refractivity contribution in [1.82, 2.24) is 9.99 Å². The van der Waals surface area contributed by atoms with Crippen LogP contribution in [0, 0.1) is 42.4 Å². The Kier molecular flexibility index (Phi) is 2.63. The summed E-state index contributed by atoms with van der Waals surface area (Å²) in [6, 6.07) is 7.98. The normalized spacial score (nSPS) is 37.0. The van der Waals surface area contributed by atoms with Crippen LogP contribution in [0.25, 0.3) is 10.9 Å². The van der Waals surface area contributed by atoms with E-state index in [1.54, 1.807) is 6.21 Å². The number of amides is 2. The van der Waals surface area contributed by atoms with E-state index < -0.39 is 0 Å². The van der Waals surface area contributed by atoms with Crippen LogP contribution in [0.3, 0.4) is 0 Å². The summed E-state index contributed by atoms with van der Waals surface area (Å²) in [6.07, 6.45) is 7.20. The smallest absolute Gasteiger partial charge is 0.254 e. The Bertz CT molecular complexity index is 997. The van der Waals surface area contributed by atoms with Gasteiger partial charge in [-0.2, -0.15) is 10.1 Å². The fourth-order valence-corrected chi connectivity index (χ4v) is 5.64. The van der Waals surface area contributed by atoms with Crippen LogP contribution in [0.5, 0.6) is 0 Å². The average molecular weight is 345 g/mol. The maximum atomic E-state index is 13.0. The van der Waals surface area contributed by atoms with Crippen molar-refractivity contribution in [2.24, 2.45) is 40.6 Å². The quantitative estimate of drug-likeness (QED) is 0.517. The summed E-state index contributed by atoms with van der Waals surface area (Å²) in [5, 5.41) is 6.56. The third-order valence-electron chi connectivity index (χ3n) is 6.89. The molecule has 4 aliphatic carbocycles. The van der Waals surface area contributed by atoms with Crippen molar-refractivity contribution in [3.05, 3.63) is 47.7 Å². The highest BCUT2D eigenvalue weighted by atomic mass is 16.2. The summed E-state index contributed by atoms with van der Waals surface area (Å²) < 4.78 is 0. The number of hydrogen-bond donors (Lipinski definition) is 1. The van der Waals surface area contributed by atoms with E-state index in [2.05, 4.69) is 22.2 Å². The molecule has 3 fully saturated rings. The Morgan fingerprint density at radius 1 is 1.08 bits per heavy atom. The molecule has 2 amide bonds. The second kappa shape index (κ2) is 4.72. The second-order valence-electron chi connectivity index (χ2n) is 8.10. The zero-order valence-corrected chi connectivity index (χ0v) is 14.4. The van der Waals surface area contributed by atoms with Gasteiger partial charge in [0, 0.05) is 22.2 Å². The predicted octanol–water partition coefficient (Wildman–Crippen LogP) is 2.86. The molecule has 1 saturated heterocycles. The van der Waals surface area contributed by atoms with Crippen molar-refractivity contribution in [3.63, 3.8) is 0 Å². The van der Waals surface area contributed by atoms with Gasteiger partial charge in [0.2, 0.25) is 0 Å². The van der Waals surface area contributed by atoms with Crippen LogP contribution < -0.4 is 0 Å². The van der Waals surface area contributed by atoms with Crippen molar-refractivity contribution in [1.29, 1.82) is 0 Å². The van der Waals surface area contributed by atoms with Crippen molar-refractivity contribution >= 4 is 28.9 Å². The number of H-pyrrole nitrogens is 1. The number of allylic oxidation sites excluding steroid dienone is 2. The van der Waals surface area contributed by atoms with Crippen LogP contribution in [0.2, 0.25) is 0 Å². The van der Waals surface area contributed by atoms with Crippen LogP contribution in [0.4, 0.5) is 0 Å². The van der Waals surface area contributed by atoms with Gasteiger partial charge in [0.15, 0.2) is 0 Å². The monoisotopic (exact) mass is 345 g/mol. The maximum absolute atomic E-state index is 13.0. The van der Waals surface area contributed by atoms with E-state index in [-0.39, 0.29) is 35.5 Å². The molecule has 1 aliphatic heterocycles. The number of nitrogens with zero attached hydrogens (tertiary/aromatic N) is 2. The number of carbonyl (C=O) groups excluding carboxylic acids is 2. The first-order valence-electron chi connectivity index (χ1n) is 9.32. The molecule has 26 heavy (non-hydrogen) atoms. The van der Waals surface area contributed by atoms with Gasteiger partial charge in [-0.1, -0.05) is 30.4 Å². The molecule has 6 atom stereocenters. The number of hydrogen-bond acceptors (Lipinski definition) is 3. The lowest BCUT2D eigenvalue weighted by atomic mass is 9.63. The van der Waals surface area contributed by atoms with E-state index in [0.717, 1.165) is 27.2 Å². The Hall–Kier alpha value is -2.69. The molecule has 2 heterocycles. The first-order valence-corrected chi connectivity index (χ1v) is 9.32. The number of hydrazone groups is 1. The average Bonchev–Trinajstić information content (AvgIpc) is 3.36. The van der Waals surface area contributed by atoms with E-state index in [4.69, 9.17) is 0 Å². The number of carbonyl (C=O) groups is 2. The number of imide groups is 1. The highest BCUT2D eigenvalue weighted by Crippen LogP contribution is 2.65. The zero-order chi connectivity index (χ0) is 17.6. The summed E-state index contributed by atoms with van der Waals surface area (Å²) in [6.45, 7) is 1.98. The minimum atomic E-state index is -0.192. The van der Waals surface area contributed by atoms with Gasteiger partial charge >= 0.3 is 0 Å². The van der Waals surface area contributed by atoms with Crippen molar-refractivity contribution in [3.8, 4) is 0 Å². The Labute approximate surface area is 150 Å². The summed E-state index contributed by atoms with van der Waals surface area (Å²) in [5.74, 6) is 1.09. The van der Waals surface area contributed by atoms with Gasteiger partial charge < -0.3 is 4.98 Å². The molecule has 1 aromatic heterocycles. The number of nitrogens with one attached hydrogen (secondary N) is 1. The van der Waals surface area contributed by atoms with Crippen LogP contribution >= 0.6 is 0 Å². The Morgan fingerprint density at radius 2 is 1.73 bits per heavy atom. The molecular formula is C21H19N3O2. The molecule has 2 bridgehead atoms. The topological polar surface area (TPSA) is 65.5 Å². The first-order chi connectivity index (χ1) is 12.6. The number of aromatic nitrogens is 1. The van der Waals surface area contributed by atoms with Crippen LogP contribution in [0.15, 0.2) is 41.5 Å². The van der Waals surface area contributed by atoms with E-state index in [1.165, 1.54) is 6.42 Å². The molecular weight excluding hydrogens is 326 g/mol. The maximum Gasteiger partial charge on any atom is 0.254 e. The zero-order valence-electron chi connectivity index (χ0n) is 14.4. The molecule has 0 unspecified atom stereocenters. The number of fused-ring (bicyclic) bond motifs is 1. The summed E-state index contributed by atoms with van der Waals surface area (Å²) in [4.78, 5) is 29.2. The van der Waals surface area contributed by atoms with Gasteiger partial charge in [0.05, 0.1) is 18.1 Å². The largest absolute Gasteiger partial charge is 0.358 e. The molecule has 0 radical (unpaired) electrons. The third-order valence-corrected chi connectivity index (χ3v) is 6.89. The Morgan fingerprint density at radius 3 is 2.42 bits per heavy atom. The third kappa shape index (κ3) is 1.68. The highest BCUT2D eigenvalue weighted by Gasteiger charge is 2.67. The molecule has 7 rings (SSSR count). The number of benzene rings is 1. The lowest BCUT2D eigenvalue weighted by Gasteiger charge is -2.37. The van der Waals surface area contributed by atoms with Gasteiger partial charge in [-0.3, -0.25) is 9.59 Å². The number of aromatic amines is 1.